The topological polar surface area (TPSA) is 88.1 Å². The van der Waals surface area contributed by atoms with E-state index in [2.05, 4.69) is 4.98 Å². The van der Waals surface area contributed by atoms with Crippen LogP contribution in [-0.2, 0) is 18.3 Å². The fourth-order valence-electron chi connectivity index (χ4n) is 2.50. The Bertz CT molecular complexity index is 875. The average Bonchev–Trinajstić information content (AvgIpc) is 2.91. The van der Waals surface area contributed by atoms with E-state index >= 15 is 0 Å². The van der Waals surface area contributed by atoms with E-state index in [1.165, 1.54) is 11.6 Å². The minimum absolute atomic E-state index is 0.0824. The number of aromatic nitrogens is 4. The van der Waals surface area contributed by atoms with Crippen molar-refractivity contribution in [2.45, 2.75) is 47.1 Å². The van der Waals surface area contributed by atoms with Gasteiger partial charge in [-0.2, -0.15) is 0 Å². The lowest BCUT2D eigenvalue weighted by Crippen LogP contribution is -2.40. The Hall–Kier alpha value is -2.38. The number of ether oxygens (including phenoxy) is 1. The molecule has 0 radical (unpaired) electrons. The molecule has 1 unspecified atom stereocenters. The highest BCUT2D eigenvalue weighted by molar-refractivity contribution is 5.85. The lowest BCUT2D eigenvalue weighted by molar-refractivity contribution is 0.148. The van der Waals surface area contributed by atoms with Crippen LogP contribution in [0.3, 0.4) is 0 Å². The third-order valence-corrected chi connectivity index (χ3v) is 4.11. The Morgan fingerprint density at radius 3 is 2.54 bits per heavy atom. The van der Waals surface area contributed by atoms with Gasteiger partial charge in [0.15, 0.2) is 11.2 Å². The maximum absolute atomic E-state index is 12.6. The molecule has 0 N–H and O–H groups in total. The Kier molecular flexibility index (Phi) is 5.26. The van der Waals surface area contributed by atoms with Crippen molar-refractivity contribution in [3.05, 3.63) is 26.7 Å². The zero-order valence-electron chi connectivity index (χ0n) is 14.8. The van der Waals surface area contributed by atoms with Crippen LogP contribution < -0.4 is 11.2 Å². The van der Waals surface area contributed by atoms with E-state index in [1.54, 1.807) is 6.92 Å². The monoisotopic (exact) mass is 336 g/mol. The molecule has 0 aliphatic carbocycles. The normalized spacial score (nSPS) is 12.5. The molecule has 24 heavy (non-hydrogen) atoms. The number of hydrogen-bond donors (Lipinski definition) is 0. The molecule has 2 aromatic rings. The summed E-state index contributed by atoms with van der Waals surface area (Å²) in [6, 6.07) is 0. The van der Waals surface area contributed by atoms with Crippen molar-refractivity contribution in [3.8, 4) is 0 Å². The summed E-state index contributed by atoms with van der Waals surface area (Å²) in [5, 5.41) is 0. The molecule has 1 atom stereocenters. The van der Waals surface area contributed by atoms with Gasteiger partial charge in [-0.05, 0) is 19.3 Å². The highest BCUT2D eigenvalue weighted by atomic mass is 16.5. The van der Waals surface area contributed by atoms with E-state index in [-0.39, 0.29) is 23.7 Å². The third-order valence-electron chi connectivity index (χ3n) is 4.11. The maximum atomic E-state index is 12.6. The SMILES string of the molecule is CCCOC(=O)n1c(C)nc2c1c(=O)n(C)c(=O)n2CC(C)CC. The summed E-state index contributed by atoms with van der Waals surface area (Å²) < 4.78 is 8.76. The minimum atomic E-state index is -0.650. The number of carbonyl (C=O) groups excluding carboxylic acids is 1. The first-order chi connectivity index (χ1) is 11.3. The van der Waals surface area contributed by atoms with E-state index in [9.17, 15) is 14.4 Å². The summed E-state index contributed by atoms with van der Waals surface area (Å²) in [4.78, 5) is 41.6. The number of nitrogens with zero attached hydrogens (tertiary/aromatic N) is 4. The number of carbonyl (C=O) groups is 1. The minimum Gasteiger partial charge on any atom is -0.449 e. The summed E-state index contributed by atoms with van der Waals surface area (Å²) in [5.74, 6) is 0.563. The number of rotatable bonds is 5. The van der Waals surface area contributed by atoms with Gasteiger partial charge in [0.25, 0.3) is 5.56 Å². The van der Waals surface area contributed by atoms with Crippen LogP contribution >= 0.6 is 0 Å². The molecule has 2 aromatic heterocycles. The molecule has 132 valence electrons. The van der Waals surface area contributed by atoms with Crippen molar-refractivity contribution in [1.82, 2.24) is 18.7 Å². The molecule has 0 aromatic carbocycles. The summed E-state index contributed by atoms with van der Waals surface area (Å²) in [5.41, 5.74) is -0.669. The lowest BCUT2D eigenvalue weighted by atomic mass is 10.1. The Balaban J connectivity index is 2.76. The second-order valence-electron chi connectivity index (χ2n) is 6.05. The average molecular weight is 336 g/mol. The smallest absolute Gasteiger partial charge is 0.420 e. The summed E-state index contributed by atoms with van der Waals surface area (Å²) in [6.45, 7) is 8.23. The predicted molar refractivity (Wildman–Crippen MR) is 90.5 cm³/mol. The molecule has 0 fully saturated rings. The molecule has 2 heterocycles. The molecular formula is C16H24N4O4. The predicted octanol–water partition coefficient (Wildman–Crippen LogP) is 1.65. The van der Waals surface area contributed by atoms with Gasteiger partial charge < -0.3 is 4.74 Å². The van der Waals surface area contributed by atoms with Gasteiger partial charge in [-0.25, -0.2) is 19.1 Å². The van der Waals surface area contributed by atoms with Crippen molar-refractivity contribution in [3.63, 3.8) is 0 Å². The van der Waals surface area contributed by atoms with E-state index < -0.39 is 17.3 Å². The van der Waals surface area contributed by atoms with Crippen LogP contribution in [0.25, 0.3) is 11.2 Å². The Labute approximate surface area is 139 Å². The molecule has 0 aliphatic rings. The van der Waals surface area contributed by atoms with Crippen LogP contribution in [0.4, 0.5) is 4.79 Å². The van der Waals surface area contributed by atoms with Gasteiger partial charge in [0.05, 0.1) is 6.61 Å². The first kappa shape index (κ1) is 18.0. The molecule has 0 aliphatic heterocycles. The standard InChI is InChI=1S/C16H24N4O4/c1-6-8-24-16(23)20-11(4)17-13-12(20)14(21)18(5)15(22)19(13)9-10(3)7-2/h10H,6-9H2,1-5H3. The van der Waals surface area contributed by atoms with Crippen LogP contribution in [0.1, 0.15) is 39.4 Å². The van der Waals surface area contributed by atoms with Gasteiger partial charge in [0, 0.05) is 13.6 Å². The van der Waals surface area contributed by atoms with Crippen LogP contribution in [0.5, 0.6) is 0 Å². The van der Waals surface area contributed by atoms with Crippen molar-refractivity contribution >= 4 is 17.3 Å². The summed E-state index contributed by atoms with van der Waals surface area (Å²) >= 11 is 0. The molecule has 0 spiro atoms. The fourth-order valence-corrected chi connectivity index (χ4v) is 2.50. The van der Waals surface area contributed by atoms with Gasteiger partial charge in [0.2, 0.25) is 0 Å². The van der Waals surface area contributed by atoms with Crippen LogP contribution in [0, 0.1) is 12.8 Å². The first-order valence-electron chi connectivity index (χ1n) is 8.19. The van der Waals surface area contributed by atoms with E-state index in [1.807, 2.05) is 20.8 Å². The van der Waals surface area contributed by atoms with Crippen LogP contribution in [-0.4, -0.2) is 31.4 Å². The number of imidazole rings is 1. The van der Waals surface area contributed by atoms with Gasteiger partial charge >= 0.3 is 11.8 Å². The molecule has 0 saturated carbocycles. The molecule has 0 bridgehead atoms. The number of aryl methyl sites for hydroxylation is 1. The van der Waals surface area contributed by atoms with Gasteiger partial charge in [-0.1, -0.05) is 27.2 Å². The van der Waals surface area contributed by atoms with E-state index in [0.717, 1.165) is 15.6 Å². The van der Waals surface area contributed by atoms with Gasteiger partial charge in [-0.15, -0.1) is 0 Å². The number of fused-ring (bicyclic) bond motifs is 1. The third kappa shape index (κ3) is 3.00. The Morgan fingerprint density at radius 2 is 1.96 bits per heavy atom. The van der Waals surface area contributed by atoms with E-state index in [4.69, 9.17) is 4.74 Å². The molecule has 0 saturated heterocycles. The zero-order chi connectivity index (χ0) is 18.0. The molecule has 2 rings (SSSR count). The molecule has 8 heteroatoms. The highest BCUT2D eigenvalue weighted by Gasteiger charge is 2.23. The summed E-state index contributed by atoms with van der Waals surface area (Å²) in [6.07, 6.45) is 0.908. The van der Waals surface area contributed by atoms with Crippen LogP contribution in [0.2, 0.25) is 0 Å². The van der Waals surface area contributed by atoms with E-state index in [0.29, 0.717) is 18.8 Å². The zero-order valence-corrected chi connectivity index (χ0v) is 14.8. The molecule has 0 amide bonds. The molecule has 8 nitrogen and oxygen atoms in total. The maximum Gasteiger partial charge on any atom is 0.420 e. The second-order valence-corrected chi connectivity index (χ2v) is 6.05. The van der Waals surface area contributed by atoms with Gasteiger partial charge in [-0.3, -0.25) is 13.9 Å². The van der Waals surface area contributed by atoms with Crippen LogP contribution in [0.15, 0.2) is 9.59 Å². The summed E-state index contributed by atoms with van der Waals surface area (Å²) in [7, 11) is 1.40. The first-order valence-corrected chi connectivity index (χ1v) is 8.19. The van der Waals surface area contributed by atoms with Crippen molar-refractivity contribution < 1.29 is 9.53 Å². The van der Waals surface area contributed by atoms with Crippen molar-refractivity contribution in [2.24, 2.45) is 13.0 Å². The highest BCUT2D eigenvalue weighted by Crippen LogP contribution is 2.14. The van der Waals surface area contributed by atoms with Gasteiger partial charge in [0.1, 0.15) is 5.82 Å². The lowest BCUT2D eigenvalue weighted by Gasteiger charge is -2.13. The number of hydrogen-bond acceptors (Lipinski definition) is 5. The molecular weight excluding hydrogens is 312 g/mol. The fraction of sp³-hybridized carbons (Fsp3) is 0.625. The van der Waals surface area contributed by atoms with Crippen molar-refractivity contribution in [1.29, 1.82) is 0 Å². The second kappa shape index (κ2) is 7.02. The largest absolute Gasteiger partial charge is 0.449 e. The van der Waals surface area contributed by atoms with Crippen molar-refractivity contribution in [2.75, 3.05) is 6.61 Å². The Morgan fingerprint density at radius 1 is 1.29 bits per heavy atom. The quantitative estimate of drug-likeness (QED) is 0.828.